The summed E-state index contributed by atoms with van der Waals surface area (Å²) in [7, 11) is 0. The SMILES string of the molecule is O=C(N/N=C\c1ccc(I)cc1)c1cccnc1. The van der Waals surface area contributed by atoms with E-state index in [0.717, 1.165) is 9.13 Å². The van der Waals surface area contributed by atoms with Gasteiger partial charge in [0.1, 0.15) is 0 Å². The molecule has 0 aliphatic heterocycles. The summed E-state index contributed by atoms with van der Waals surface area (Å²) in [4.78, 5) is 15.5. The molecular weight excluding hydrogens is 341 g/mol. The number of hydrogen-bond acceptors (Lipinski definition) is 3. The van der Waals surface area contributed by atoms with Gasteiger partial charge >= 0.3 is 0 Å². The quantitative estimate of drug-likeness (QED) is 0.525. The molecule has 5 heteroatoms. The van der Waals surface area contributed by atoms with Gasteiger partial charge in [-0.3, -0.25) is 9.78 Å². The van der Waals surface area contributed by atoms with Crippen LogP contribution >= 0.6 is 22.6 Å². The van der Waals surface area contributed by atoms with Crippen LogP contribution in [0.1, 0.15) is 15.9 Å². The zero-order valence-corrected chi connectivity index (χ0v) is 11.5. The molecule has 0 unspecified atom stereocenters. The van der Waals surface area contributed by atoms with Gasteiger partial charge in [-0.15, -0.1) is 0 Å². The highest BCUT2D eigenvalue weighted by atomic mass is 127. The summed E-state index contributed by atoms with van der Waals surface area (Å²) in [6.45, 7) is 0. The van der Waals surface area contributed by atoms with Gasteiger partial charge in [0.15, 0.2) is 0 Å². The second-order valence-corrected chi connectivity index (χ2v) is 4.74. The molecule has 0 aliphatic rings. The van der Waals surface area contributed by atoms with Crippen molar-refractivity contribution in [3.8, 4) is 0 Å². The summed E-state index contributed by atoms with van der Waals surface area (Å²) >= 11 is 2.23. The molecule has 0 bridgehead atoms. The van der Waals surface area contributed by atoms with Crippen molar-refractivity contribution in [2.45, 2.75) is 0 Å². The predicted octanol–water partition coefficient (Wildman–Crippen LogP) is 2.45. The van der Waals surface area contributed by atoms with E-state index in [4.69, 9.17) is 0 Å². The smallest absolute Gasteiger partial charge is 0.267 e. The Labute approximate surface area is 118 Å². The van der Waals surface area contributed by atoms with Gasteiger partial charge in [0, 0.05) is 16.0 Å². The highest BCUT2D eigenvalue weighted by Gasteiger charge is 2.01. The molecule has 0 radical (unpaired) electrons. The first kappa shape index (κ1) is 12.7. The van der Waals surface area contributed by atoms with Crippen molar-refractivity contribution in [2.24, 2.45) is 5.10 Å². The zero-order chi connectivity index (χ0) is 12.8. The van der Waals surface area contributed by atoms with Crippen LogP contribution in [0.25, 0.3) is 0 Å². The van der Waals surface area contributed by atoms with E-state index in [1.54, 1.807) is 24.5 Å². The van der Waals surface area contributed by atoms with Crippen molar-refractivity contribution >= 4 is 34.7 Å². The van der Waals surface area contributed by atoms with Crippen LogP contribution in [0, 0.1) is 3.57 Å². The van der Waals surface area contributed by atoms with Crippen molar-refractivity contribution in [1.82, 2.24) is 10.4 Å². The van der Waals surface area contributed by atoms with Gasteiger partial charge in [-0.2, -0.15) is 5.10 Å². The minimum atomic E-state index is -0.273. The Balaban J connectivity index is 1.96. The van der Waals surface area contributed by atoms with E-state index in [9.17, 15) is 4.79 Å². The molecule has 1 amide bonds. The standard InChI is InChI=1S/C13H10IN3O/c14-12-5-3-10(4-6-12)8-16-17-13(18)11-2-1-7-15-9-11/h1-9H,(H,17,18)/b16-8-. The molecule has 4 nitrogen and oxygen atoms in total. The molecule has 2 aromatic rings. The second kappa shape index (κ2) is 6.25. The predicted molar refractivity (Wildman–Crippen MR) is 78.5 cm³/mol. The summed E-state index contributed by atoms with van der Waals surface area (Å²) in [6.07, 6.45) is 4.71. The average Bonchev–Trinajstić information content (AvgIpc) is 2.42. The summed E-state index contributed by atoms with van der Waals surface area (Å²) < 4.78 is 1.16. The average molecular weight is 351 g/mol. The van der Waals surface area contributed by atoms with E-state index in [0.29, 0.717) is 5.56 Å². The lowest BCUT2D eigenvalue weighted by molar-refractivity contribution is 0.0955. The number of hydrazone groups is 1. The third-order valence-electron chi connectivity index (χ3n) is 2.17. The topological polar surface area (TPSA) is 54.4 Å². The van der Waals surface area contributed by atoms with E-state index in [2.05, 4.69) is 38.1 Å². The van der Waals surface area contributed by atoms with Crippen LogP contribution in [0.2, 0.25) is 0 Å². The fourth-order valence-electron chi connectivity index (χ4n) is 1.28. The Kier molecular flexibility index (Phi) is 4.40. The van der Waals surface area contributed by atoms with Crippen molar-refractivity contribution in [2.75, 3.05) is 0 Å². The monoisotopic (exact) mass is 351 g/mol. The normalized spacial score (nSPS) is 10.5. The van der Waals surface area contributed by atoms with Crippen LogP contribution in [0.5, 0.6) is 0 Å². The van der Waals surface area contributed by atoms with Gasteiger partial charge in [-0.05, 0) is 52.4 Å². The van der Waals surface area contributed by atoms with Crippen LogP contribution in [0.15, 0.2) is 53.9 Å². The number of pyridine rings is 1. The van der Waals surface area contributed by atoms with Gasteiger partial charge in [-0.25, -0.2) is 5.43 Å². The molecule has 1 heterocycles. The molecule has 0 fully saturated rings. The molecule has 0 aliphatic carbocycles. The Hall–Kier alpha value is -1.76. The number of amides is 1. The lowest BCUT2D eigenvalue weighted by atomic mass is 10.2. The fraction of sp³-hybridized carbons (Fsp3) is 0. The van der Waals surface area contributed by atoms with Gasteiger partial charge in [0.2, 0.25) is 0 Å². The van der Waals surface area contributed by atoms with Crippen LogP contribution in [-0.4, -0.2) is 17.1 Å². The number of carbonyl (C=O) groups excluding carboxylic acids is 1. The molecule has 0 atom stereocenters. The largest absolute Gasteiger partial charge is 0.272 e. The van der Waals surface area contributed by atoms with Crippen LogP contribution in [0.4, 0.5) is 0 Å². The Morgan fingerprint density at radius 2 is 2.06 bits per heavy atom. The highest BCUT2D eigenvalue weighted by molar-refractivity contribution is 14.1. The molecule has 0 saturated heterocycles. The van der Waals surface area contributed by atoms with Crippen LogP contribution < -0.4 is 5.43 Å². The van der Waals surface area contributed by atoms with Crippen LogP contribution in [-0.2, 0) is 0 Å². The molecule has 1 N–H and O–H groups in total. The molecule has 90 valence electrons. The highest BCUT2D eigenvalue weighted by Crippen LogP contribution is 2.04. The molecule has 0 saturated carbocycles. The first-order valence-corrected chi connectivity index (χ1v) is 6.32. The number of nitrogens with zero attached hydrogens (tertiary/aromatic N) is 2. The van der Waals surface area contributed by atoms with Crippen LogP contribution in [0.3, 0.4) is 0 Å². The van der Waals surface area contributed by atoms with Gasteiger partial charge in [0.25, 0.3) is 5.91 Å². The second-order valence-electron chi connectivity index (χ2n) is 3.49. The van der Waals surface area contributed by atoms with Gasteiger partial charge < -0.3 is 0 Å². The first-order chi connectivity index (χ1) is 8.75. The Morgan fingerprint density at radius 3 is 2.72 bits per heavy atom. The Bertz CT molecular complexity index is 552. The first-order valence-electron chi connectivity index (χ1n) is 5.25. The molecule has 18 heavy (non-hydrogen) atoms. The molecular formula is C13H10IN3O. The zero-order valence-electron chi connectivity index (χ0n) is 9.38. The van der Waals surface area contributed by atoms with Gasteiger partial charge in [0.05, 0.1) is 11.8 Å². The molecule has 1 aromatic heterocycles. The summed E-state index contributed by atoms with van der Waals surface area (Å²) in [5, 5.41) is 3.89. The maximum absolute atomic E-state index is 11.6. The van der Waals surface area contributed by atoms with E-state index in [-0.39, 0.29) is 5.91 Å². The van der Waals surface area contributed by atoms with E-state index in [1.165, 1.54) is 6.20 Å². The van der Waals surface area contributed by atoms with Gasteiger partial charge in [-0.1, -0.05) is 12.1 Å². The van der Waals surface area contributed by atoms with Crippen molar-refractivity contribution < 1.29 is 4.79 Å². The number of aromatic nitrogens is 1. The van der Waals surface area contributed by atoms with Crippen molar-refractivity contribution in [3.05, 3.63) is 63.5 Å². The summed E-state index contributed by atoms with van der Waals surface area (Å²) in [6, 6.07) is 11.2. The number of rotatable bonds is 3. The molecule has 0 spiro atoms. The van der Waals surface area contributed by atoms with Crippen molar-refractivity contribution in [3.63, 3.8) is 0 Å². The lowest BCUT2D eigenvalue weighted by Crippen LogP contribution is -2.17. The third kappa shape index (κ3) is 3.63. The number of nitrogens with one attached hydrogen (secondary N) is 1. The maximum atomic E-state index is 11.6. The van der Waals surface area contributed by atoms with E-state index >= 15 is 0 Å². The third-order valence-corrected chi connectivity index (χ3v) is 2.89. The number of halogens is 1. The fourth-order valence-corrected chi connectivity index (χ4v) is 1.64. The number of hydrogen-bond donors (Lipinski definition) is 1. The summed E-state index contributed by atoms with van der Waals surface area (Å²) in [5.41, 5.74) is 3.87. The molecule has 2 rings (SSSR count). The Morgan fingerprint density at radius 1 is 1.28 bits per heavy atom. The minimum absolute atomic E-state index is 0.273. The maximum Gasteiger partial charge on any atom is 0.272 e. The molecule has 1 aromatic carbocycles. The number of carbonyl (C=O) groups is 1. The van der Waals surface area contributed by atoms with E-state index < -0.39 is 0 Å². The van der Waals surface area contributed by atoms with Crippen molar-refractivity contribution in [1.29, 1.82) is 0 Å². The number of benzene rings is 1. The van der Waals surface area contributed by atoms with E-state index in [1.807, 2.05) is 24.3 Å². The summed E-state index contributed by atoms with van der Waals surface area (Å²) in [5.74, 6) is -0.273. The minimum Gasteiger partial charge on any atom is -0.267 e. The lowest BCUT2D eigenvalue weighted by Gasteiger charge is -1.98.